The third-order valence-electron chi connectivity index (χ3n) is 2.82. The lowest BCUT2D eigenvalue weighted by Crippen LogP contribution is -2.34. The second-order valence-corrected chi connectivity index (χ2v) is 4.31. The molecular weight excluding hydrogens is 226 g/mol. The molecule has 1 atom stereocenters. The van der Waals surface area contributed by atoms with E-state index in [-0.39, 0.29) is 5.91 Å². The minimum Gasteiger partial charge on any atom is -0.347 e. The fraction of sp³-hybridized carbons (Fsp3) is 0.200. The molecule has 0 unspecified atom stereocenters. The van der Waals surface area contributed by atoms with Gasteiger partial charge in [-0.1, -0.05) is 42.5 Å². The molecule has 0 heterocycles. The Morgan fingerprint density at radius 3 is 2.72 bits per heavy atom. The number of hydrogen-bond donors (Lipinski definition) is 1. The Balaban J connectivity index is 2.21. The molecule has 2 aromatic rings. The summed E-state index contributed by atoms with van der Waals surface area (Å²) >= 11 is 0. The predicted molar refractivity (Wildman–Crippen MR) is 71.3 cm³/mol. The zero-order valence-electron chi connectivity index (χ0n) is 10.2. The van der Waals surface area contributed by atoms with Crippen LogP contribution in [0.2, 0.25) is 0 Å². The smallest absolute Gasteiger partial charge is 0.225 e. The summed E-state index contributed by atoms with van der Waals surface area (Å²) in [4.78, 5) is 22.2. The Labute approximate surface area is 106 Å². The average molecular weight is 241 g/mol. The summed E-state index contributed by atoms with van der Waals surface area (Å²) in [6, 6.07) is 13.4. The summed E-state index contributed by atoms with van der Waals surface area (Å²) in [5.41, 5.74) is 0.976. The third-order valence-corrected chi connectivity index (χ3v) is 2.82. The van der Waals surface area contributed by atoms with Crippen LogP contribution in [0.25, 0.3) is 10.8 Å². The van der Waals surface area contributed by atoms with Gasteiger partial charge in [-0.3, -0.25) is 4.79 Å². The minimum atomic E-state index is -0.438. The molecule has 0 fully saturated rings. The van der Waals surface area contributed by atoms with E-state index < -0.39 is 6.04 Å². The number of fused-ring (bicyclic) bond motifs is 1. The lowest BCUT2D eigenvalue weighted by molar-refractivity contribution is -0.123. The summed E-state index contributed by atoms with van der Waals surface area (Å²) in [6.07, 6.45) is 1.01. The van der Waals surface area contributed by atoms with Gasteiger partial charge in [0.15, 0.2) is 0 Å². The molecule has 92 valence electrons. The van der Waals surface area contributed by atoms with Gasteiger partial charge >= 0.3 is 0 Å². The molecule has 0 aliphatic carbocycles. The second-order valence-electron chi connectivity index (χ2n) is 4.31. The summed E-state index contributed by atoms with van der Waals surface area (Å²) < 4.78 is 0. The maximum absolute atomic E-state index is 11.8. The number of aldehydes is 1. The monoisotopic (exact) mass is 241 g/mol. The van der Waals surface area contributed by atoms with Crippen LogP contribution in [0.1, 0.15) is 12.5 Å². The molecule has 1 amide bonds. The van der Waals surface area contributed by atoms with E-state index in [0.29, 0.717) is 6.42 Å². The zero-order chi connectivity index (χ0) is 13.0. The van der Waals surface area contributed by atoms with Crippen molar-refractivity contribution in [3.05, 3.63) is 48.0 Å². The van der Waals surface area contributed by atoms with Crippen molar-refractivity contribution in [1.29, 1.82) is 0 Å². The molecule has 3 heteroatoms. The fourth-order valence-corrected chi connectivity index (χ4v) is 1.96. The first-order valence-corrected chi connectivity index (χ1v) is 5.92. The standard InChI is InChI=1S/C15H15NO2/c1-11(10-17)16-15(18)9-13-7-4-6-12-5-2-3-8-14(12)13/h2-8,10-11H,9H2,1H3,(H,16,18)/t11-/m0/s1. The molecule has 0 spiro atoms. The van der Waals surface area contributed by atoms with Crippen molar-refractivity contribution in [3.63, 3.8) is 0 Å². The first-order valence-electron chi connectivity index (χ1n) is 5.92. The number of carbonyl (C=O) groups excluding carboxylic acids is 2. The van der Waals surface area contributed by atoms with Gasteiger partial charge in [-0.25, -0.2) is 0 Å². The molecule has 0 saturated heterocycles. The highest BCUT2D eigenvalue weighted by Gasteiger charge is 2.08. The summed E-state index contributed by atoms with van der Waals surface area (Å²) in [5.74, 6) is -0.133. The van der Waals surface area contributed by atoms with Crippen molar-refractivity contribution < 1.29 is 9.59 Å². The van der Waals surface area contributed by atoms with Gasteiger partial charge in [-0.2, -0.15) is 0 Å². The second kappa shape index (κ2) is 5.45. The summed E-state index contributed by atoms with van der Waals surface area (Å²) in [6.45, 7) is 1.66. The van der Waals surface area contributed by atoms with E-state index in [2.05, 4.69) is 5.32 Å². The molecular formula is C15H15NO2. The van der Waals surface area contributed by atoms with Gasteiger partial charge in [-0.15, -0.1) is 0 Å². The molecule has 1 N–H and O–H groups in total. The van der Waals surface area contributed by atoms with Gasteiger partial charge < -0.3 is 10.1 Å². The van der Waals surface area contributed by atoms with Gasteiger partial charge in [0.1, 0.15) is 6.29 Å². The first kappa shape index (κ1) is 12.3. The molecule has 3 nitrogen and oxygen atoms in total. The Morgan fingerprint density at radius 1 is 1.22 bits per heavy atom. The lowest BCUT2D eigenvalue weighted by atomic mass is 10.0. The number of amides is 1. The van der Waals surface area contributed by atoms with Crippen LogP contribution in [-0.2, 0) is 16.0 Å². The Hall–Kier alpha value is -2.16. The van der Waals surface area contributed by atoms with Crippen LogP contribution in [0.5, 0.6) is 0 Å². The Bertz CT molecular complexity index is 572. The van der Waals surface area contributed by atoms with Gasteiger partial charge in [0, 0.05) is 0 Å². The highest BCUT2D eigenvalue weighted by molar-refractivity contribution is 5.90. The van der Waals surface area contributed by atoms with Crippen molar-refractivity contribution in [3.8, 4) is 0 Å². The van der Waals surface area contributed by atoms with Crippen LogP contribution in [0.3, 0.4) is 0 Å². The molecule has 0 bridgehead atoms. The molecule has 0 aromatic heterocycles. The van der Waals surface area contributed by atoms with Crippen molar-refractivity contribution >= 4 is 23.0 Å². The van der Waals surface area contributed by atoms with Gasteiger partial charge in [0.05, 0.1) is 12.5 Å². The quantitative estimate of drug-likeness (QED) is 0.833. The summed E-state index contributed by atoms with van der Waals surface area (Å²) in [5, 5.41) is 4.83. The van der Waals surface area contributed by atoms with Crippen LogP contribution in [0, 0.1) is 0 Å². The molecule has 0 aliphatic heterocycles. The number of hydrogen-bond acceptors (Lipinski definition) is 2. The van der Waals surface area contributed by atoms with Gasteiger partial charge in [0.25, 0.3) is 0 Å². The van der Waals surface area contributed by atoms with Crippen molar-refractivity contribution in [2.45, 2.75) is 19.4 Å². The number of benzene rings is 2. The lowest BCUT2D eigenvalue weighted by Gasteiger charge is -2.09. The summed E-state index contributed by atoms with van der Waals surface area (Å²) in [7, 11) is 0. The number of nitrogens with one attached hydrogen (secondary N) is 1. The largest absolute Gasteiger partial charge is 0.347 e. The van der Waals surface area contributed by atoms with E-state index in [1.807, 2.05) is 42.5 Å². The molecule has 0 radical (unpaired) electrons. The molecule has 0 aliphatic rings. The SMILES string of the molecule is C[C@@H](C=O)NC(=O)Cc1cccc2ccccc12. The first-order chi connectivity index (χ1) is 8.70. The van der Waals surface area contributed by atoms with E-state index in [4.69, 9.17) is 0 Å². The van der Waals surface area contributed by atoms with Crippen molar-refractivity contribution in [2.24, 2.45) is 0 Å². The topological polar surface area (TPSA) is 46.2 Å². The molecule has 18 heavy (non-hydrogen) atoms. The minimum absolute atomic E-state index is 0.133. The van der Waals surface area contributed by atoms with E-state index in [1.165, 1.54) is 0 Å². The number of rotatable bonds is 4. The fourth-order valence-electron chi connectivity index (χ4n) is 1.96. The predicted octanol–water partition coefficient (Wildman–Crippen LogP) is 2.09. The van der Waals surface area contributed by atoms with Crippen LogP contribution in [0.15, 0.2) is 42.5 Å². The van der Waals surface area contributed by atoms with Crippen molar-refractivity contribution in [2.75, 3.05) is 0 Å². The number of carbonyl (C=O) groups is 2. The van der Waals surface area contributed by atoms with Crippen LogP contribution >= 0.6 is 0 Å². The molecule has 2 rings (SSSR count). The molecule has 0 saturated carbocycles. The Morgan fingerprint density at radius 2 is 1.94 bits per heavy atom. The van der Waals surface area contributed by atoms with Gasteiger partial charge in [-0.05, 0) is 23.3 Å². The van der Waals surface area contributed by atoms with Crippen LogP contribution in [0.4, 0.5) is 0 Å². The van der Waals surface area contributed by atoms with Crippen molar-refractivity contribution in [1.82, 2.24) is 5.32 Å². The third kappa shape index (κ3) is 2.74. The normalized spacial score (nSPS) is 12.1. The zero-order valence-corrected chi connectivity index (χ0v) is 10.2. The van der Waals surface area contributed by atoms with Gasteiger partial charge in [0.2, 0.25) is 5.91 Å². The van der Waals surface area contributed by atoms with E-state index in [1.54, 1.807) is 6.92 Å². The Kier molecular flexibility index (Phi) is 3.72. The highest BCUT2D eigenvalue weighted by atomic mass is 16.2. The van der Waals surface area contributed by atoms with Crippen LogP contribution < -0.4 is 5.32 Å². The maximum atomic E-state index is 11.8. The molecule has 2 aromatic carbocycles. The maximum Gasteiger partial charge on any atom is 0.225 e. The average Bonchev–Trinajstić information content (AvgIpc) is 2.39. The van der Waals surface area contributed by atoms with Crippen LogP contribution in [-0.4, -0.2) is 18.2 Å². The highest BCUT2D eigenvalue weighted by Crippen LogP contribution is 2.18. The van der Waals surface area contributed by atoms with E-state index in [0.717, 1.165) is 22.6 Å². The van der Waals surface area contributed by atoms with E-state index in [9.17, 15) is 9.59 Å². The van der Waals surface area contributed by atoms with E-state index >= 15 is 0 Å².